The Labute approximate surface area is 117 Å². The van der Waals surface area contributed by atoms with Gasteiger partial charge < -0.3 is 5.32 Å². The minimum absolute atomic E-state index is 0.111. The van der Waals surface area contributed by atoms with Crippen LogP contribution in [-0.2, 0) is 10.0 Å². The van der Waals surface area contributed by atoms with Crippen LogP contribution >= 0.6 is 0 Å². The van der Waals surface area contributed by atoms with E-state index in [2.05, 4.69) is 5.32 Å². The van der Waals surface area contributed by atoms with E-state index in [9.17, 15) is 17.2 Å². The van der Waals surface area contributed by atoms with Gasteiger partial charge in [0.1, 0.15) is 16.5 Å². The first-order valence-electron chi connectivity index (χ1n) is 6.48. The van der Waals surface area contributed by atoms with Gasteiger partial charge in [0.2, 0.25) is 10.0 Å². The Morgan fingerprint density at radius 3 is 2.65 bits per heavy atom. The molecule has 1 aromatic carbocycles. The third-order valence-electron chi connectivity index (χ3n) is 3.75. The summed E-state index contributed by atoms with van der Waals surface area (Å²) in [5.74, 6) is -1.57. The molecule has 0 saturated carbocycles. The van der Waals surface area contributed by atoms with E-state index < -0.39 is 26.6 Å². The molecular formula is C13H18F2N2O2S. The summed E-state index contributed by atoms with van der Waals surface area (Å²) in [6.45, 7) is 2.53. The largest absolute Gasteiger partial charge is 0.317 e. The van der Waals surface area contributed by atoms with Gasteiger partial charge in [-0.2, -0.15) is 4.31 Å². The molecule has 7 heteroatoms. The number of hydrogen-bond donors (Lipinski definition) is 1. The van der Waals surface area contributed by atoms with Crippen LogP contribution in [0.4, 0.5) is 8.78 Å². The summed E-state index contributed by atoms with van der Waals surface area (Å²) in [6.07, 6.45) is 0.647. The van der Waals surface area contributed by atoms with Gasteiger partial charge >= 0.3 is 0 Å². The van der Waals surface area contributed by atoms with Crippen LogP contribution in [0.5, 0.6) is 0 Å². The van der Waals surface area contributed by atoms with Gasteiger partial charge in [0, 0.05) is 19.1 Å². The Hall–Kier alpha value is -1.05. The Morgan fingerprint density at radius 2 is 2.05 bits per heavy atom. The minimum atomic E-state index is -3.99. The molecule has 0 aliphatic carbocycles. The molecule has 1 saturated heterocycles. The fourth-order valence-corrected chi connectivity index (χ4v) is 4.20. The van der Waals surface area contributed by atoms with Crippen molar-refractivity contribution >= 4 is 10.0 Å². The maximum atomic E-state index is 13.7. The minimum Gasteiger partial charge on any atom is -0.317 e. The number of nitrogens with zero attached hydrogens (tertiary/aromatic N) is 1. The molecule has 2 atom stereocenters. The summed E-state index contributed by atoms with van der Waals surface area (Å²) in [4.78, 5) is -0.590. The van der Waals surface area contributed by atoms with Crippen molar-refractivity contribution in [2.75, 3.05) is 20.1 Å². The zero-order valence-electron chi connectivity index (χ0n) is 11.4. The van der Waals surface area contributed by atoms with Crippen LogP contribution in [0.3, 0.4) is 0 Å². The molecular weight excluding hydrogens is 286 g/mol. The van der Waals surface area contributed by atoms with Gasteiger partial charge in [0.05, 0.1) is 0 Å². The van der Waals surface area contributed by atoms with Gasteiger partial charge in [-0.25, -0.2) is 17.2 Å². The number of nitrogens with one attached hydrogen (secondary N) is 1. The molecule has 0 spiro atoms. The molecule has 1 aliphatic heterocycles. The topological polar surface area (TPSA) is 49.4 Å². The molecule has 1 N–H and O–H groups in total. The first-order chi connectivity index (χ1) is 9.36. The Bertz CT molecular complexity index is 592. The molecule has 4 nitrogen and oxygen atoms in total. The lowest BCUT2D eigenvalue weighted by atomic mass is 9.96. The number of hydrogen-bond acceptors (Lipinski definition) is 3. The normalized spacial score (nSPS) is 24.8. The van der Waals surface area contributed by atoms with Crippen LogP contribution < -0.4 is 5.32 Å². The Morgan fingerprint density at radius 1 is 1.35 bits per heavy atom. The van der Waals surface area contributed by atoms with Gasteiger partial charge in [-0.1, -0.05) is 6.92 Å². The average Bonchev–Trinajstić information content (AvgIpc) is 2.41. The molecule has 1 fully saturated rings. The lowest BCUT2D eigenvalue weighted by Crippen LogP contribution is -2.49. The molecule has 1 heterocycles. The van der Waals surface area contributed by atoms with Crippen LogP contribution in [0.25, 0.3) is 0 Å². The van der Waals surface area contributed by atoms with Crippen molar-refractivity contribution in [1.82, 2.24) is 9.62 Å². The van der Waals surface area contributed by atoms with Gasteiger partial charge in [0.25, 0.3) is 0 Å². The zero-order valence-corrected chi connectivity index (χ0v) is 12.3. The maximum Gasteiger partial charge on any atom is 0.246 e. The molecule has 0 aromatic heterocycles. The first kappa shape index (κ1) is 15.3. The number of halogens is 2. The Balaban J connectivity index is 2.30. The van der Waals surface area contributed by atoms with Crippen molar-refractivity contribution < 1.29 is 17.2 Å². The highest BCUT2D eigenvalue weighted by Crippen LogP contribution is 2.25. The van der Waals surface area contributed by atoms with E-state index in [1.807, 2.05) is 14.0 Å². The van der Waals surface area contributed by atoms with Gasteiger partial charge in [-0.3, -0.25) is 0 Å². The zero-order chi connectivity index (χ0) is 14.9. The fourth-order valence-electron chi connectivity index (χ4n) is 2.57. The van der Waals surface area contributed by atoms with E-state index in [0.717, 1.165) is 18.2 Å². The monoisotopic (exact) mass is 304 g/mol. The van der Waals surface area contributed by atoms with E-state index in [4.69, 9.17) is 0 Å². The van der Waals surface area contributed by atoms with E-state index in [1.54, 1.807) is 0 Å². The van der Waals surface area contributed by atoms with E-state index in [-0.39, 0.29) is 12.0 Å². The van der Waals surface area contributed by atoms with Crippen molar-refractivity contribution in [2.24, 2.45) is 5.92 Å². The summed E-state index contributed by atoms with van der Waals surface area (Å²) < 4.78 is 52.9. The second-order valence-electron chi connectivity index (χ2n) is 5.10. The van der Waals surface area contributed by atoms with Gasteiger partial charge in [-0.05, 0) is 37.6 Å². The first-order valence-corrected chi connectivity index (χ1v) is 7.92. The third kappa shape index (κ3) is 2.84. The van der Waals surface area contributed by atoms with Crippen LogP contribution in [0, 0.1) is 17.6 Å². The predicted molar refractivity (Wildman–Crippen MR) is 71.7 cm³/mol. The van der Waals surface area contributed by atoms with E-state index in [0.29, 0.717) is 19.5 Å². The summed E-state index contributed by atoms with van der Waals surface area (Å²) in [5.41, 5.74) is 0. The number of piperidine rings is 1. The van der Waals surface area contributed by atoms with Crippen LogP contribution in [-0.4, -0.2) is 38.9 Å². The highest BCUT2D eigenvalue weighted by molar-refractivity contribution is 7.89. The summed E-state index contributed by atoms with van der Waals surface area (Å²) in [5, 5.41) is 3.13. The van der Waals surface area contributed by atoms with E-state index >= 15 is 0 Å². The standard InChI is InChI=1S/C13H18F2N2O2S/c1-9-8-17(6-5-12(9)16-2)20(18,19)13-7-10(14)3-4-11(13)15/h3-4,7,9,12,16H,5-6,8H2,1-2H3. The van der Waals surface area contributed by atoms with Crippen molar-refractivity contribution in [3.8, 4) is 0 Å². The van der Waals surface area contributed by atoms with Crippen molar-refractivity contribution in [3.05, 3.63) is 29.8 Å². The highest BCUT2D eigenvalue weighted by Gasteiger charge is 2.34. The number of sulfonamides is 1. The third-order valence-corrected chi connectivity index (χ3v) is 5.63. The van der Waals surface area contributed by atoms with Crippen LogP contribution in [0.1, 0.15) is 13.3 Å². The molecule has 0 bridgehead atoms. The highest BCUT2D eigenvalue weighted by atomic mass is 32.2. The molecule has 0 amide bonds. The van der Waals surface area contributed by atoms with E-state index in [1.165, 1.54) is 4.31 Å². The quantitative estimate of drug-likeness (QED) is 0.922. The molecule has 2 unspecified atom stereocenters. The SMILES string of the molecule is CNC1CCN(S(=O)(=O)c2cc(F)ccc2F)CC1C. The summed E-state index contributed by atoms with van der Waals surface area (Å²) >= 11 is 0. The van der Waals surface area contributed by atoms with Crippen LogP contribution in [0.2, 0.25) is 0 Å². The maximum absolute atomic E-state index is 13.7. The molecule has 112 valence electrons. The van der Waals surface area contributed by atoms with Crippen molar-refractivity contribution in [2.45, 2.75) is 24.3 Å². The van der Waals surface area contributed by atoms with Gasteiger partial charge in [0.15, 0.2) is 0 Å². The van der Waals surface area contributed by atoms with Crippen LogP contribution in [0.15, 0.2) is 23.1 Å². The van der Waals surface area contributed by atoms with Crippen molar-refractivity contribution in [3.63, 3.8) is 0 Å². The smallest absolute Gasteiger partial charge is 0.246 e. The molecule has 1 aliphatic rings. The molecule has 2 rings (SSSR count). The van der Waals surface area contributed by atoms with Gasteiger partial charge in [-0.15, -0.1) is 0 Å². The number of benzene rings is 1. The summed E-state index contributed by atoms with van der Waals surface area (Å²) in [7, 11) is -2.16. The predicted octanol–water partition coefficient (Wildman–Crippen LogP) is 1.58. The molecule has 0 radical (unpaired) electrons. The Kier molecular flexibility index (Phi) is 4.41. The lowest BCUT2D eigenvalue weighted by molar-refractivity contribution is 0.227. The second kappa shape index (κ2) is 5.75. The van der Waals surface area contributed by atoms with Crippen molar-refractivity contribution in [1.29, 1.82) is 0 Å². The lowest BCUT2D eigenvalue weighted by Gasteiger charge is -2.36. The molecule has 1 aromatic rings. The average molecular weight is 304 g/mol. The fraction of sp³-hybridized carbons (Fsp3) is 0.538. The molecule has 20 heavy (non-hydrogen) atoms. The summed E-state index contributed by atoms with van der Waals surface area (Å²) in [6, 6.07) is 2.72. The number of rotatable bonds is 3. The second-order valence-corrected chi connectivity index (χ2v) is 7.01.